The predicted molar refractivity (Wildman–Crippen MR) is 95.9 cm³/mol. The molecule has 7 nitrogen and oxygen atoms in total. The van der Waals surface area contributed by atoms with Gasteiger partial charge in [0, 0.05) is 10.2 Å². The number of anilines is 1. The highest BCUT2D eigenvalue weighted by Crippen LogP contribution is 2.21. The van der Waals surface area contributed by atoms with Crippen molar-refractivity contribution in [1.82, 2.24) is 0 Å². The van der Waals surface area contributed by atoms with Crippen molar-refractivity contribution in [3.63, 3.8) is 0 Å². The third-order valence-corrected chi connectivity index (χ3v) is 4.66. The molecule has 0 bridgehead atoms. The van der Waals surface area contributed by atoms with Crippen LogP contribution >= 0.6 is 27.5 Å². The van der Waals surface area contributed by atoms with Crippen molar-refractivity contribution in [1.29, 1.82) is 0 Å². The van der Waals surface area contributed by atoms with Crippen molar-refractivity contribution in [3.05, 3.63) is 57.5 Å². The SMILES string of the molecule is NS(=O)(=O)c1cccc(NC(=O)COC(=O)c2cc(Br)ccc2Cl)c1. The van der Waals surface area contributed by atoms with Crippen molar-refractivity contribution < 1.29 is 22.7 Å². The molecule has 2 rings (SSSR count). The topological polar surface area (TPSA) is 116 Å². The van der Waals surface area contributed by atoms with Gasteiger partial charge < -0.3 is 10.1 Å². The molecule has 132 valence electrons. The maximum absolute atomic E-state index is 12.0. The zero-order valence-electron chi connectivity index (χ0n) is 12.5. The van der Waals surface area contributed by atoms with E-state index in [4.69, 9.17) is 21.5 Å². The van der Waals surface area contributed by atoms with Crippen molar-refractivity contribution in [2.45, 2.75) is 4.90 Å². The minimum atomic E-state index is -3.89. The van der Waals surface area contributed by atoms with Crippen LogP contribution < -0.4 is 10.5 Å². The van der Waals surface area contributed by atoms with Gasteiger partial charge in [0.05, 0.1) is 15.5 Å². The van der Waals surface area contributed by atoms with E-state index in [1.54, 1.807) is 6.07 Å². The third kappa shape index (κ3) is 5.53. The number of halogens is 2. The maximum Gasteiger partial charge on any atom is 0.340 e. The molecule has 2 aromatic rings. The van der Waals surface area contributed by atoms with Crippen molar-refractivity contribution in [2.75, 3.05) is 11.9 Å². The summed E-state index contributed by atoms with van der Waals surface area (Å²) in [6, 6.07) is 10.0. The second kappa shape index (κ2) is 7.96. The minimum absolute atomic E-state index is 0.111. The molecule has 0 radical (unpaired) electrons. The van der Waals surface area contributed by atoms with Crippen LogP contribution in [0.3, 0.4) is 0 Å². The van der Waals surface area contributed by atoms with Gasteiger partial charge in [-0.1, -0.05) is 33.6 Å². The molecule has 0 atom stereocenters. The minimum Gasteiger partial charge on any atom is -0.452 e. The molecule has 0 fully saturated rings. The van der Waals surface area contributed by atoms with E-state index in [0.29, 0.717) is 4.47 Å². The van der Waals surface area contributed by atoms with Gasteiger partial charge in [0.15, 0.2) is 6.61 Å². The van der Waals surface area contributed by atoms with Crippen LogP contribution in [0.25, 0.3) is 0 Å². The van der Waals surface area contributed by atoms with E-state index in [0.717, 1.165) is 0 Å². The number of carbonyl (C=O) groups is 2. The summed E-state index contributed by atoms with van der Waals surface area (Å²) >= 11 is 9.11. The first-order valence-corrected chi connectivity index (χ1v) is 9.43. The predicted octanol–water partition coefficient (Wildman–Crippen LogP) is 2.55. The summed E-state index contributed by atoms with van der Waals surface area (Å²) in [4.78, 5) is 23.7. The number of hydrogen-bond acceptors (Lipinski definition) is 5. The molecule has 10 heteroatoms. The van der Waals surface area contributed by atoms with E-state index in [1.807, 2.05) is 0 Å². The fourth-order valence-corrected chi connectivity index (χ4v) is 2.93. The molecule has 0 heterocycles. The number of ether oxygens (including phenoxy) is 1. The van der Waals surface area contributed by atoms with Gasteiger partial charge in [-0.3, -0.25) is 4.79 Å². The number of esters is 1. The van der Waals surface area contributed by atoms with Gasteiger partial charge >= 0.3 is 5.97 Å². The molecule has 0 aliphatic carbocycles. The third-order valence-electron chi connectivity index (χ3n) is 2.93. The summed E-state index contributed by atoms with van der Waals surface area (Å²) in [5.74, 6) is -1.41. The first-order valence-electron chi connectivity index (χ1n) is 6.72. The van der Waals surface area contributed by atoms with Crippen LogP contribution in [0.15, 0.2) is 51.8 Å². The van der Waals surface area contributed by atoms with Crippen molar-refractivity contribution >= 4 is 55.1 Å². The van der Waals surface area contributed by atoms with Crippen molar-refractivity contribution in [2.24, 2.45) is 5.14 Å². The molecule has 0 spiro atoms. The van der Waals surface area contributed by atoms with E-state index in [1.165, 1.54) is 36.4 Å². The number of primary sulfonamides is 1. The number of nitrogens with two attached hydrogens (primary N) is 1. The summed E-state index contributed by atoms with van der Waals surface area (Å²) in [7, 11) is -3.89. The number of nitrogens with one attached hydrogen (secondary N) is 1. The van der Waals surface area contributed by atoms with E-state index >= 15 is 0 Å². The molecule has 25 heavy (non-hydrogen) atoms. The lowest BCUT2D eigenvalue weighted by Crippen LogP contribution is -2.21. The van der Waals surface area contributed by atoms with Gasteiger partial charge in [-0.2, -0.15) is 0 Å². The number of rotatable bonds is 5. The molecule has 0 aliphatic heterocycles. The van der Waals surface area contributed by atoms with Crippen LogP contribution in [0.1, 0.15) is 10.4 Å². The average molecular weight is 448 g/mol. The van der Waals surface area contributed by atoms with Gasteiger partial charge in [0.1, 0.15) is 0 Å². The second-order valence-electron chi connectivity index (χ2n) is 4.82. The van der Waals surface area contributed by atoms with E-state index in [2.05, 4.69) is 21.2 Å². The number of benzene rings is 2. The Kier molecular flexibility index (Phi) is 6.17. The van der Waals surface area contributed by atoms with E-state index in [9.17, 15) is 18.0 Å². The molecular formula is C15H12BrClN2O5S. The highest BCUT2D eigenvalue weighted by molar-refractivity contribution is 9.10. The largest absolute Gasteiger partial charge is 0.452 e. The first kappa shape index (κ1) is 19.4. The van der Waals surface area contributed by atoms with E-state index < -0.39 is 28.5 Å². The van der Waals surface area contributed by atoms with Crippen LogP contribution in [-0.4, -0.2) is 26.9 Å². The van der Waals surface area contributed by atoms with Crippen LogP contribution in [0.2, 0.25) is 5.02 Å². The van der Waals surface area contributed by atoms with Gasteiger partial charge in [-0.15, -0.1) is 0 Å². The van der Waals surface area contributed by atoms with Crippen LogP contribution in [-0.2, 0) is 19.6 Å². The molecule has 2 aromatic carbocycles. The number of carbonyl (C=O) groups excluding carboxylic acids is 2. The van der Waals surface area contributed by atoms with Crippen LogP contribution in [0.5, 0.6) is 0 Å². The Morgan fingerprint density at radius 1 is 1.20 bits per heavy atom. The summed E-state index contributed by atoms with van der Waals surface area (Å²) in [5, 5.41) is 7.62. The zero-order valence-corrected chi connectivity index (χ0v) is 15.7. The van der Waals surface area contributed by atoms with Crippen molar-refractivity contribution in [3.8, 4) is 0 Å². The number of amides is 1. The maximum atomic E-state index is 12.0. The lowest BCUT2D eigenvalue weighted by atomic mass is 10.2. The summed E-state index contributed by atoms with van der Waals surface area (Å²) in [6.45, 7) is -0.568. The first-order chi connectivity index (χ1) is 11.7. The molecule has 0 saturated heterocycles. The van der Waals surface area contributed by atoms with Gasteiger partial charge in [0.2, 0.25) is 10.0 Å². The molecule has 1 amide bonds. The van der Waals surface area contributed by atoms with Crippen LogP contribution in [0, 0.1) is 0 Å². The molecule has 0 aliphatic rings. The lowest BCUT2D eigenvalue weighted by Gasteiger charge is -2.08. The smallest absolute Gasteiger partial charge is 0.340 e. The van der Waals surface area contributed by atoms with Gasteiger partial charge in [-0.05, 0) is 36.4 Å². The summed E-state index contributed by atoms with van der Waals surface area (Å²) in [6.07, 6.45) is 0. The number of hydrogen-bond donors (Lipinski definition) is 2. The zero-order chi connectivity index (χ0) is 18.6. The number of sulfonamides is 1. The average Bonchev–Trinajstić information content (AvgIpc) is 2.54. The molecule has 0 aromatic heterocycles. The molecule has 0 unspecified atom stereocenters. The Balaban J connectivity index is 1.99. The summed E-state index contributed by atoms with van der Waals surface area (Å²) < 4.78 is 28.1. The molecule has 3 N–H and O–H groups in total. The van der Waals surface area contributed by atoms with Gasteiger partial charge in [0.25, 0.3) is 5.91 Å². The fraction of sp³-hybridized carbons (Fsp3) is 0.0667. The van der Waals surface area contributed by atoms with E-state index in [-0.39, 0.29) is 21.2 Å². The normalized spacial score (nSPS) is 11.0. The summed E-state index contributed by atoms with van der Waals surface area (Å²) in [5.41, 5.74) is 0.313. The Morgan fingerprint density at radius 2 is 1.92 bits per heavy atom. The molecule has 0 saturated carbocycles. The standard InChI is InChI=1S/C15H12BrClN2O5S/c16-9-4-5-13(17)12(6-9)15(21)24-8-14(20)19-10-2-1-3-11(7-10)25(18,22)23/h1-7H,8H2,(H,19,20)(H2,18,22,23). The highest BCUT2D eigenvalue weighted by Gasteiger charge is 2.15. The Labute approximate surface area is 157 Å². The van der Waals surface area contributed by atoms with Crippen LogP contribution in [0.4, 0.5) is 5.69 Å². The second-order valence-corrected chi connectivity index (χ2v) is 7.71. The monoisotopic (exact) mass is 446 g/mol. The Morgan fingerprint density at radius 3 is 2.60 bits per heavy atom. The Hall–Kier alpha value is -1.94. The fourth-order valence-electron chi connectivity index (χ4n) is 1.81. The quantitative estimate of drug-likeness (QED) is 0.683. The molecular weight excluding hydrogens is 436 g/mol. The lowest BCUT2D eigenvalue weighted by molar-refractivity contribution is -0.119. The van der Waals surface area contributed by atoms with Gasteiger partial charge in [-0.25, -0.2) is 18.4 Å². The Bertz CT molecular complexity index is 933. The highest BCUT2D eigenvalue weighted by atomic mass is 79.9.